The lowest BCUT2D eigenvalue weighted by atomic mass is 10.1. The maximum Gasteiger partial charge on any atom is 0.262 e. The number of aromatic nitrogens is 2. The Labute approximate surface area is 223 Å². The highest BCUT2D eigenvalue weighted by molar-refractivity contribution is 7.99. The zero-order valence-electron chi connectivity index (χ0n) is 20.9. The largest absolute Gasteiger partial charge is 0.467 e. The van der Waals surface area contributed by atoms with E-state index < -0.39 is 0 Å². The maximum absolute atomic E-state index is 13.5. The number of benzene rings is 2. The van der Waals surface area contributed by atoms with Crippen molar-refractivity contribution in [2.45, 2.75) is 37.6 Å². The first kappa shape index (κ1) is 25.7. The maximum atomic E-state index is 13.5. The molecule has 196 valence electrons. The van der Waals surface area contributed by atoms with Crippen molar-refractivity contribution in [1.29, 1.82) is 0 Å². The lowest BCUT2D eigenvalue weighted by Crippen LogP contribution is -2.31. The van der Waals surface area contributed by atoms with E-state index in [1.54, 1.807) is 30.3 Å². The highest BCUT2D eigenvalue weighted by Gasteiger charge is 2.19. The number of anilines is 1. The lowest BCUT2D eigenvalue weighted by molar-refractivity contribution is -0.113. The van der Waals surface area contributed by atoms with Crippen LogP contribution in [0.25, 0.3) is 10.9 Å². The van der Waals surface area contributed by atoms with Crippen LogP contribution in [0.4, 0.5) is 5.69 Å². The SMILES string of the molecule is Cc1ccc(NC(=O)CSc2nc3cc(C(=O)NC[C@H]4CCCO4)ccc3c(=O)n2Cc2ccco2)cc1. The molecule has 2 aromatic carbocycles. The third-order valence-corrected chi connectivity index (χ3v) is 7.23. The number of thioether (sulfide) groups is 1. The highest BCUT2D eigenvalue weighted by atomic mass is 32.2. The fraction of sp³-hybridized carbons (Fsp3) is 0.286. The quantitative estimate of drug-likeness (QED) is 0.247. The van der Waals surface area contributed by atoms with Gasteiger partial charge in [0.1, 0.15) is 5.76 Å². The van der Waals surface area contributed by atoms with E-state index in [0.717, 1.165) is 30.2 Å². The second kappa shape index (κ2) is 11.7. The molecule has 2 aromatic heterocycles. The van der Waals surface area contributed by atoms with Crippen molar-refractivity contribution in [3.63, 3.8) is 0 Å². The molecule has 9 nitrogen and oxygen atoms in total. The van der Waals surface area contributed by atoms with Crippen LogP contribution >= 0.6 is 11.8 Å². The molecule has 3 heterocycles. The molecule has 38 heavy (non-hydrogen) atoms. The van der Waals surface area contributed by atoms with Gasteiger partial charge >= 0.3 is 0 Å². The summed E-state index contributed by atoms with van der Waals surface area (Å²) in [6.07, 6.45) is 3.49. The van der Waals surface area contributed by atoms with Crippen LogP contribution in [0.1, 0.15) is 34.5 Å². The second-order valence-corrected chi connectivity index (χ2v) is 10.1. The number of nitrogens with zero attached hydrogens (tertiary/aromatic N) is 2. The fourth-order valence-electron chi connectivity index (χ4n) is 4.23. The smallest absolute Gasteiger partial charge is 0.262 e. The number of nitrogens with one attached hydrogen (secondary N) is 2. The van der Waals surface area contributed by atoms with Gasteiger partial charge in [-0.05, 0) is 62.2 Å². The molecule has 1 fully saturated rings. The average Bonchev–Trinajstić information content (AvgIpc) is 3.63. The number of ether oxygens (including phenoxy) is 1. The summed E-state index contributed by atoms with van der Waals surface area (Å²) in [6.45, 7) is 3.30. The predicted molar refractivity (Wildman–Crippen MR) is 146 cm³/mol. The lowest BCUT2D eigenvalue weighted by Gasteiger charge is -2.13. The van der Waals surface area contributed by atoms with E-state index in [2.05, 4.69) is 15.6 Å². The van der Waals surface area contributed by atoms with E-state index in [4.69, 9.17) is 9.15 Å². The van der Waals surface area contributed by atoms with Crippen LogP contribution in [0.15, 0.2) is 75.2 Å². The van der Waals surface area contributed by atoms with Crippen molar-refractivity contribution in [1.82, 2.24) is 14.9 Å². The number of carbonyl (C=O) groups excluding carboxylic acids is 2. The van der Waals surface area contributed by atoms with E-state index in [1.165, 1.54) is 10.8 Å². The molecule has 0 unspecified atom stereocenters. The van der Waals surface area contributed by atoms with Gasteiger partial charge in [-0.15, -0.1) is 0 Å². The Hall–Kier alpha value is -3.89. The Kier molecular flexibility index (Phi) is 7.90. The molecule has 0 aliphatic carbocycles. The number of rotatable bonds is 9. The Morgan fingerprint density at radius 3 is 2.74 bits per heavy atom. The standard InChI is InChI=1S/C28H28N4O5S/c1-18-6-9-20(10-7-18)30-25(33)17-38-28-31-24-14-19(26(34)29-15-21-4-2-12-36-21)8-11-23(24)27(35)32(28)16-22-5-3-13-37-22/h3,5-11,13-14,21H,2,4,12,15-17H2,1H3,(H,29,34)(H,30,33)/t21-/m1/s1. The van der Waals surface area contributed by atoms with Crippen LogP contribution in [0.3, 0.4) is 0 Å². The third kappa shape index (κ3) is 6.15. The summed E-state index contributed by atoms with van der Waals surface area (Å²) in [6, 6.07) is 15.9. The zero-order valence-corrected chi connectivity index (χ0v) is 21.8. The van der Waals surface area contributed by atoms with Gasteiger partial charge < -0.3 is 19.8 Å². The molecule has 5 rings (SSSR count). The number of hydrogen-bond donors (Lipinski definition) is 2. The van der Waals surface area contributed by atoms with Crippen LogP contribution < -0.4 is 16.2 Å². The molecule has 1 saturated heterocycles. The number of aryl methyl sites for hydroxylation is 1. The fourth-order valence-corrected chi connectivity index (χ4v) is 5.03. The number of amides is 2. The minimum Gasteiger partial charge on any atom is -0.467 e. The van der Waals surface area contributed by atoms with Crippen molar-refractivity contribution >= 4 is 40.2 Å². The van der Waals surface area contributed by atoms with Crippen molar-refractivity contribution in [2.75, 3.05) is 24.2 Å². The molecule has 1 atom stereocenters. The summed E-state index contributed by atoms with van der Waals surface area (Å²) >= 11 is 1.15. The van der Waals surface area contributed by atoms with Crippen molar-refractivity contribution in [2.24, 2.45) is 0 Å². The molecular formula is C28H28N4O5S. The van der Waals surface area contributed by atoms with Gasteiger partial charge in [-0.2, -0.15) is 0 Å². The van der Waals surface area contributed by atoms with Crippen molar-refractivity contribution < 1.29 is 18.7 Å². The van der Waals surface area contributed by atoms with Crippen LogP contribution in [-0.4, -0.2) is 46.4 Å². The number of carbonyl (C=O) groups is 2. The molecular weight excluding hydrogens is 504 g/mol. The van der Waals surface area contributed by atoms with Crippen LogP contribution in [0.5, 0.6) is 0 Å². The van der Waals surface area contributed by atoms with E-state index in [1.807, 2.05) is 31.2 Å². The molecule has 2 N–H and O–H groups in total. The Morgan fingerprint density at radius 1 is 1.16 bits per heavy atom. The molecule has 1 aliphatic heterocycles. The monoisotopic (exact) mass is 532 g/mol. The minimum atomic E-state index is -0.279. The van der Waals surface area contributed by atoms with Crippen LogP contribution in [0, 0.1) is 6.92 Å². The van der Waals surface area contributed by atoms with Crippen molar-refractivity contribution in [3.8, 4) is 0 Å². The Balaban J connectivity index is 1.39. The Morgan fingerprint density at radius 2 is 2.00 bits per heavy atom. The first-order valence-electron chi connectivity index (χ1n) is 12.4. The van der Waals surface area contributed by atoms with Gasteiger partial charge in [0.25, 0.3) is 11.5 Å². The summed E-state index contributed by atoms with van der Waals surface area (Å²) in [5, 5.41) is 6.49. The van der Waals surface area contributed by atoms with Gasteiger partial charge in [-0.25, -0.2) is 4.98 Å². The number of furan rings is 1. The van der Waals surface area contributed by atoms with Gasteiger partial charge in [0.2, 0.25) is 5.91 Å². The Bertz CT molecular complexity index is 1490. The van der Waals surface area contributed by atoms with E-state index in [9.17, 15) is 14.4 Å². The van der Waals surface area contributed by atoms with E-state index in [-0.39, 0.29) is 35.8 Å². The molecule has 1 aliphatic rings. The minimum absolute atomic E-state index is 0.0281. The van der Waals surface area contributed by atoms with Gasteiger partial charge in [-0.1, -0.05) is 29.5 Å². The third-order valence-electron chi connectivity index (χ3n) is 6.26. The summed E-state index contributed by atoms with van der Waals surface area (Å²) in [7, 11) is 0. The van der Waals surface area contributed by atoms with E-state index >= 15 is 0 Å². The molecule has 0 bridgehead atoms. The molecule has 0 radical (unpaired) electrons. The molecule has 0 saturated carbocycles. The first-order valence-corrected chi connectivity index (χ1v) is 13.4. The van der Waals surface area contributed by atoms with Gasteiger partial charge in [0, 0.05) is 24.4 Å². The van der Waals surface area contributed by atoms with Crippen LogP contribution in [-0.2, 0) is 16.1 Å². The average molecular weight is 533 g/mol. The summed E-state index contributed by atoms with van der Waals surface area (Å²) in [5.74, 6) is 0.158. The molecule has 2 amide bonds. The number of fused-ring (bicyclic) bond motifs is 1. The molecule has 0 spiro atoms. The molecule has 10 heteroatoms. The van der Waals surface area contributed by atoms with Crippen LogP contribution in [0.2, 0.25) is 0 Å². The summed E-state index contributed by atoms with van der Waals surface area (Å²) in [4.78, 5) is 43.6. The van der Waals surface area contributed by atoms with Crippen molar-refractivity contribution in [3.05, 3.63) is 88.1 Å². The predicted octanol–water partition coefficient (Wildman–Crippen LogP) is 3.99. The first-order chi connectivity index (χ1) is 18.5. The highest BCUT2D eigenvalue weighted by Crippen LogP contribution is 2.21. The topological polar surface area (TPSA) is 115 Å². The zero-order chi connectivity index (χ0) is 26.5. The summed E-state index contributed by atoms with van der Waals surface area (Å²) < 4.78 is 12.5. The summed E-state index contributed by atoms with van der Waals surface area (Å²) in [5.41, 5.74) is 2.30. The van der Waals surface area contributed by atoms with Gasteiger partial charge in [-0.3, -0.25) is 19.0 Å². The second-order valence-electron chi connectivity index (χ2n) is 9.14. The van der Waals surface area contributed by atoms with Gasteiger partial charge in [0.05, 0.1) is 35.6 Å². The normalized spacial score (nSPS) is 15.0. The van der Waals surface area contributed by atoms with E-state index in [0.29, 0.717) is 46.2 Å². The van der Waals surface area contributed by atoms with Gasteiger partial charge in [0.15, 0.2) is 5.16 Å². The molecule has 4 aromatic rings. The number of hydrogen-bond acceptors (Lipinski definition) is 7.